The summed E-state index contributed by atoms with van der Waals surface area (Å²) in [6.07, 6.45) is 1.96. The van der Waals surface area contributed by atoms with E-state index in [2.05, 4.69) is 0 Å². The molecule has 2 rings (SSSR count). The van der Waals surface area contributed by atoms with Crippen LogP contribution in [0.25, 0.3) is 0 Å². The summed E-state index contributed by atoms with van der Waals surface area (Å²) in [4.78, 5) is 14.9. The third-order valence-electron chi connectivity index (χ3n) is 3.72. The van der Waals surface area contributed by atoms with Gasteiger partial charge in [0.1, 0.15) is 0 Å². The van der Waals surface area contributed by atoms with E-state index in [-0.39, 0.29) is 11.8 Å². The molecule has 0 spiro atoms. The first-order valence-electron chi connectivity index (χ1n) is 6.65. The van der Waals surface area contributed by atoms with E-state index in [4.69, 9.17) is 18.0 Å². The van der Waals surface area contributed by atoms with Gasteiger partial charge in [-0.25, -0.2) is 0 Å². The molecule has 1 aromatic rings. The summed E-state index contributed by atoms with van der Waals surface area (Å²) in [7, 11) is 0. The minimum Gasteiger partial charge on any atom is -0.393 e. The Morgan fingerprint density at radius 2 is 2.16 bits per heavy atom. The molecule has 4 heteroatoms. The smallest absolute Gasteiger partial charge is 0.254 e. The summed E-state index contributed by atoms with van der Waals surface area (Å²) in [6, 6.07) is 5.94. The normalized spacial score (nSPS) is 19.3. The lowest BCUT2D eigenvalue weighted by Crippen LogP contribution is -2.43. The minimum atomic E-state index is 0.0958. The van der Waals surface area contributed by atoms with Gasteiger partial charge in [-0.3, -0.25) is 4.79 Å². The van der Waals surface area contributed by atoms with Crippen molar-refractivity contribution < 1.29 is 4.79 Å². The number of hydrogen-bond acceptors (Lipinski definition) is 2. The van der Waals surface area contributed by atoms with Crippen LogP contribution < -0.4 is 5.73 Å². The Bertz CT molecular complexity index is 513. The standard InChI is InChI=1S/C15H20N2OS/c1-10-5-6-13(11(2)8-10)15(18)17-7-3-4-12(9-17)14(16)19/h5-6,8,12H,3-4,7,9H2,1-2H3,(H2,16,19). The second kappa shape index (κ2) is 5.70. The Morgan fingerprint density at radius 1 is 1.42 bits per heavy atom. The van der Waals surface area contributed by atoms with Crippen LogP contribution >= 0.6 is 12.2 Å². The molecule has 1 amide bonds. The predicted octanol–water partition coefficient (Wildman–Crippen LogP) is 2.44. The molecule has 0 bridgehead atoms. The number of carbonyl (C=O) groups excluding carboxylic acids is 1. The maximum Gasteiger partial charge on any atom is 0.254 e. The number of hydrogen-bond donors (Lipinski definition) is 1. The van der Waals surface area contributed by atoms with Crippen LogP contribution in [0.4, 0.5) is 0 Å². The molecule has 102 valence electrons. The number of likely N-dealkylation sites (tertiary alicyclic amines) is 1. The van der Waals surface area contributed by atoms with Gasteiger partial charge in [0.2, 0.25) is 0 Å². The van der Waals surface area contributed by atoms with Gasteiger partial charge >= 0.3 is 0 Å². The Morgan fingerprint density at radius 3 is 2.79 bits per heavy atom. The van der Waals surface area contributed by atoms with Gasteiger partial charge in [-0.1, -0.05) is 29.9 Å². The van der Waals surface area contributed by atoms with Crippen LogP contribution in [0.1, 0.15) is 34.3 Å². The first-order valence-corrected chi connectivity index (χ1v) is 7.05. The fourth-order valence-electron chi connectivity index (χ4n) is 2.62. The quantitative estimate of drug-likeness (QED) is 0.844. The van der Waals surface area contributed by atoms with Gasteiger partial charge in [0.05, 0.1) is 4.99 Å². The molecule has 0 radical (unpaired) electrons. The number of carbonyl (C=O) groups is 1. The van der Waals surface area contributed by atoms with Gasteiger partial charge < -0.3 is 10.6 Å². The lowest BCUT2D eigenvalue weighted by molar-refractivity contribution is 0.0703. The Balaban J connectivity index is 2.17. The monoisotopic (exact) mass is 276 g/mol. The predicted molar refractivity (Wildman–Crippen MR) is 81.3 cm³/mol. The summed E-state index contributed by atoms with van der Waals surface area (Å²) in [6.45, 7) is 5.47. The maximum atomic E-state index is 12.5. The second-order valence-electron chi connectivity index (χ2n) is 5.31. The highest BCUT2D eigenvalue weighted by Gasteiger charge is 2.26. The molecule has 1 saturated heterocycles. The number of benzene rings is 1. The highest BCUT2D eigenvalue weighted by Crippen LogP contribution is 2.20. The summed E-state index contributed by atoms with van der Waals surface area (Å²) in [5, 5.41) is 0. The Kier molecular flexibility index (Phi) is 4.20. The van der Waals surface area contributed by atoms with Gasteiger partial charge in [-0.05, 0) is 38.3 Å². The number of thiocarbonyl (C=S) groups is 1. The molecule has 1 aliphatic heterocycles. The molecule has 1 unspecified atom stereocenters. The van der Waals surface area contributed by atoms with Crippen molar-refractivity contribution in [2.75, 3.05) is 13.1 Å². The molecule has 1 aliphatic rings. The van der Waals surface area contributed by atoms with Crippen LogP contribution in [0, 0.1) is 19.8 Å². The van der Waals surface area contributed by atoms with Crippen LogP contribution in [0.3, 0.4) is 0 Å². The van der Waals surface area contributed by atoms with Crippen LogP contribution in [0.15, 0.2) is 18.2 Å². The number of nitrogens with zero attached hydrogens (tertiary/aromatic N) is 1. The third kappa shape index (κ3) is 3.13. The fourth-order valence-corrected chi connectivity index (χ4v) is 2.81. The Labute approximate surface area is 119 Å². The van der Waals surface area contributed by atoms with Gasteiger partial charge in [0.25, 0.3) is 5.91 Å². The van der Waals surface area contributed by atoms with Crippen molar-refractivity contribution in [3.8, 4) is 0 Å². The number of nitrogens with two attached hydrogens (primary N) is 1. The molecule has 0 aromatic heterocycles. The molecule has 0 saturated carbocycles. The average Bonchev–Trinajstić information content (AvgIpc) is 2.38. The number of rotatable bonds is 2. The zero-order chi connectivity index (χ0) is 14.0. The largest absolute Gasteiger partial charge is 0.393 e. The molecule has 3 nitrogen and oxygen atoms in total. The molecular formula is C15H20N2OS. The minimum absolute atomic E-state index is 0.0958. The van der Waals surface area contributed by atoms with E-state index in [0.29, 0.717) is 11.5 Å². The van der Waals surface area contributed by atoms with E-state index >= 15 is 0 Å². The average molecular weight is 276 g/mol. The van der Waals surface area contributed by atoms with Gasteiger partial charge in [0, 0.05) is 24.6 Å². The van der Waals surface area contributed by atoms with Crippen molar-refractivity contribution in [1.29, 1.82) is 0 Å². The molecule has 1 atom stereocenters. The van der Waals surface area contributed by atoms with Gasteiger partial charge in [-0.2, -0.15) is 0 Å². The Hall–Kier alpha value is -1.42. The highest BCUT2D eigenvalue weighted by atomic mass is 32.1. The van der Waals surface area contributed by atoms with E-state index in [0.717, 1.165) is 30.5 Å². The first kappa shape index (κ1) is 14.0. The zero-order valence-corrected chi connectivity index (χ0v) is 12.3. The number of piperidine rings is 1. The van der Waals surface area contributed by atoms with Crippen molar-refractivity contribution in [1.82, 2.24) is 4.90 Å². The third-order valence-corrected chi connectivity index (χ3v) is 4.06. The van der Waals surface area contributed by atoms with Crippen molar-refractivity contribution >= 4 is 23.1 Å². The van der Waals surface area contributed by atoms with Crippen molar-refractivity contribution in [2.24, 2.45) is 11.7 Å². The van der Waals surface area contributed by atoms with Crippen LogP contribution in [-0.4, -0.2) is 28.9 Å². The lowest BCUT2D eigenvalue weighted by atomic mass is 9.96. The van der Waals surface area contributed by atoms with Crippen molar-refractivity contribution in [2.45, 2.75) is 26.7 Å². The fraction of sp³-hybridized carbons (Fsp3) is 0.467. The van der Waals surface area contributed by atoms with Crippen molar-refractivity contribution in [3.63, 3.8) is 0 Å². The summed E-state index contributed by atoms with van der Waals surface area (Å²) in [5.41, 5.74) is 8.70. The summed E-state index contributed by atoms with van der Waals surface area (Å²) in [5.74, 6) is 0.261. The molecule has 2 N–H and O–H groups in total. The molecule has 0 aliphatic carbocycles. The van der Waals surface area contributed by atoms with E-state index in [1.807, 2.05) is 36.9 Å². The SMILES string of the molecule is Cc1ccc(C(=O)N2CCCC(C(N)=S)C2)c(C)c1. The highest BCUT2D eigenvalue weighted by molar-refractivity contribution is 7.80. The zero-order valence-electron chi connectivity index (χ0n) is 11.5. The first-order chi connectivity index (χ1) is 8.99. The molecule has 1 fully saturated rings. The number of amides is 1. The molecule has 19 heavy (non-hydrogen) atoms. The maximum absolute atomic E-state index is 12.5. The molecular weight excluding hydrogens is 256 g/mol. The topological polar surface area (TPSA) is 46.3 Å². The summed E-state index contributed by atoms with van der Waals surface area (Å²) >= 11 is 5.05. The van der Waals surface area contributed by atoms with Crippen LogP contribution in [-0.2, 0) is 0 Å². The van der Waals surface area contributed by atoms with E-state index in [1.54, 1.807) is 0 Å². The second-order valence-corrected chi connectivity index (χ2v) is 5.78. The van der Waals surface area contributed by atoms with E-state index < -0.39 is 0 Å². The summed E-state index contributed by atoms with van der Waals surface area (Å²) < 4.78 is 0. The van der Waals surface area contributed by atoms with Gasteiger partial charge in [0.15, 0.2) is 0 Å². The van der Waals surface area contributed by atoms with Gasteiger partial charge in [-0.15, -0.1) is 0 Å². The van der Waals surface area contributed by atoms with Crippen LogP contribution in [0.2, 0.25) is 0 Å². The molecule has 1 heterocycles. The lowest BCUT2D eigenvalue weighted by Gasteiger charge is -2.32. The van der Waals surface area contributed by atoms with Crippen molar-refractivity contribution in [3.05, 3.63) is 34.9 Å². The van der Waals surface area contributed by atoms with E-state index in [9.17, 15) is 4.79 Å². The van der Waals surface area contributed by atoms with E-state index in [1.165, 1.54) is 5.56 Å². The molecule has 1 aromatic carbocycles. The van der Waals surface area contributed by atoms with Crippen LogP contribution in [0.5, 0.6) is 0 Å². The number of aryl methyl sites for hydroxylation is 2.